The van der Waals surface area contributed by atoms with Gasteiger partial charge in [-0.2, -0.15) is 31.4 Å². The van der Waals surface area contributed by atoms with Gasteiger partial charge >= 0.3 is 12.4 Å². The van der Waals surface area contributed by atoms with E-state index < -0.39 is 30.4 Å². The highest BCUT2D eigenvalue weighted by molar-refractivity contribution is 6.04. The molecule has 0 aliphatic carbocycles. The number of pyridine rings is 1. The van der Waals surface area contributed by atoms with Gasteiger partial charge in [0.1, 0.15) is 23.2 Å². The summed E-state index contributed by atoms with van der Waals surface area (Å²) in [4.78, 5) is 26.1. The van der Waals surface area contributed by atoms with E-state index in [2.05, 4.69) is 20.3 Å². The maximum atomic E-state index is 13.0. The number of hydrogen-bond donors (Lipinski definition) is 2. The Balaban J connectivity index is 1.37. The highest BCUT2D eigenvalue weighted by Gasteiger charge is 2.34. The Labute approximate surface area is 223 Å². The Morgan fingerprint density at radius 3 is 2.35 bits per heavy atom. The molecular weight excluding hydrogens is 542 g/mol. The molecule has 4 aromatic rings. The highest BCUT2D eigenvalue weighted by atomic mass is 19.4. The lowest BCUT2D eigenvalue weighted by Crippen LogP contribution is -2.39. The number of alkyl halides is 6. The molecule has 1 fully saturated rings. The van der Waals surface area contributed by atoms with Crippen LogP contribution in [0.4, 0.5) is 38.0 Å². The van der Waals surface area contributed by atoms with Crippen LogP contribution in [0.1, 0.15) is 40.4 Å². The van der Waals surface area contributed by atoms with Crippen molar-refractivity contribution < 1.29 is 31.1 Å². The number of nitrogens with two attached hydrogens (primary N) is 1. The molecule has 1 aromatic carbocycles. The number of aromatic nitrogens is 5. The van der Waals surface area contributed by atoms with Gasteiger partial charge in [0, 0.05) is 17.7 Å². The fraction of sp³-hybridized carbons (Fsp3) is 0.320. The van der Waals surface area contributed by atoms with Gasteiger partial charge in [-0.15, -0.1) is 0 Å². The minimum absolute atomic E-state index is 0.146. The highest BCUT2D eigenvalue weighted by Crippen LogP contribution is 2.35. The van der Waals surface area contributed by atoms with Crippen molar-refractivity contribution in [2.45, 2.75) is 31.1 Å². The third kappa shape index (κ3) is 5.83. The normalized spacial score (nSPS) is 15.4. The van der Waals surface area contributed by atoms with E-state index >= 15 is 0 Å². The van der Waals surface area contributed by atoms with Crippen molar-refractivity contribution in [3.63, 3.8) is 0 Å². The summed E-state index contributed by atoms with van der Waals surface area (Å²) in [6, 6.07) is 7.60. The SMILES string of the molecule is Nc1ncnc2c(C3CCN(CC(F)(F)F)CC3)nn(-c3ccc(C(=O)Nc4cc(C(F)(F)F)ccn4)cc3)c12. The molecule has 1 amide bonds. The Morgan fingerprint density at radius 1 is 1.00 bits per heavy atom. The number of amides is 1. The number of nitrogens with one attached hydrogen (secondary N) is 1. The van der Waals surface area contributed by atoms with Crippen molar-refractivity contribution in [1.29, 1.82) is 0 Å². The third-order valence-electron chi connectivity index (χ3n) is 6.59. The van der Waals surface area contributed by atoms with Gasteiger partial charge in [-0.3, -0.25) is 9.69 Å². The molecule has 0 bridgehead atoms. The van der Waals surface area contributed by atoms with Crippen LogP contribution in [0.15, 0.2) is 48.9 Å². The Morgan fingerprint density at radius 2 is 1.70 bits per heavy atom. The predicted octanol–water partition coefficient (Wildman–Crippen LogP) is 4.81. The van der Waals surface area contributed by atoms with E-state index in [1.165, 1.54) is 28.0 Å². The molecule has 1 aliphatic rings. The molecule has 40 heavy (non-hydrogen) atoms. The lowest BCUT2D eigenvalue weighted by atomic mass is 9.93. The van der Waals surface area contributed by atoms with Gasteiger partial charge in [0.15, 0.2) is 5.82 Å². The summed E-state index contributed by atoms with van der Waals surface area (Å²) in [6.07, 6.45) is -5.70. The fourth-order valence-corrected chi connectivity index (χ4v) is 4.69. The zero-order valence-corrected chi connectivity index (χ0v) is 20.7. The van der Waals surface area contributed by atoms with Gasteiger partial charge in [-0.05, 0) is 62.3 Å². The first kappa shape index (κ1) is 27.3. The van der Waals surface area contributed by atoms with E-state index in [1.54, 1.807) is 12.1 Å². The lowest BCUT2D eigenvalue weighted by molar-refractivity contribution is -0.148. The van der Waals surface area contributed by atoms with Crippen LogP contribution in [0.3, 0.4) is 0 Å². The van der Waals surface area contributed by atoms with Crippen LogP contribution in [-0.4, -0.2) is 61.4 Å². The van der Waals surface area contributed by atoms with Crippen molar-refractivity contribution in [3.8, 4) is 5.69 Å². The number of nitrogen functional groups attached to an aromatic ring is 1. The van der Waals surface area contributed by atoms with Crippen molar-refractivity contribution in [2.75, 3.05) is 30.7 Å². The summed E-state index contributed by atoms with van der Waals surface area (Å²) in [5, 5.41) is 7.04. The van der Waals surface area contributed by atoms with Crippen LogP contribution in [-0.2, 0) is 6.18 Å². The molecule has 15 heteroatoms. The largest absolute Gasteiger partial charge is 0.416 e. The first-order chi connectivity index (χ1) is 18.9. The predicted molar refractivity (Wildman–Crippen MR) is 133 cm³/mol. The number of likely N-dealkylation sites (tertiary alicyclic amines) is 1. The van der Waals surface area contributed by atoms with Crippen molar-refractivity contribution in [2.24, 2.45) is 0 Å². The maximum Gasteiger partial charge on any atom is 0.416 e. The molecule has 0 unspecified atom stereocenters. The molecule has 3 aromatic heterocycles. The molecule has 0 atom stereocenters. The Hall–Kier alpha value is -4.27. The standard InChI is InChI=1S/C25H22F6N8O/c26-24(27,28)12-38-9-6-14(7-10-38)19-20-21(22(32)35-13-34-20)39(37-19)17-3-1-15(2-4-17)23(40)36-18-11-16(5-8-33-18)25(29,30)31/h1-5,8,11,13-14H,6-7,9-10,12H2,(H2,32,34,35)(H,33,36,40). The van der Waals surface area contributed by atoms with E-state index in [0.29, 0.717) is 35.3 Å². The molecule has 3 N–H and O–H groups in total. The van der Waals surface area contributed by atoms with Gasteiger partial charge < -0.3 is 11.1 Å². The smallest absolute Gasteiger partial charge is 0.382 e. The van der Waals surface area contributed by atoms with Crippen LogP contribution in [0.5, 0.6) is 0 Å². The molecular formula is C25H22F6N8O. The number of halogens is 6. The average molecular weight is 564 g/mol. The fourth-order valence-electron chi connectivity index (χ4n) is 4.69. The summed E-state index contributed by atoms with van der Waals surface area (Å²) in [5.74, 6) is -0.918. The lowest BCUT2D eigenvalue weighted by Gasteiger charge is -2.31. The van der Waals surface area contributed by atoms with Crippen LogP contribution in [0.2, 0.25) is 0 Å². The van der Waals surface area contributed by atoms with Crippen LogP contribution < -0.4 is 11.1 Å². The van der Waals surface area contributed by atoms with Crippen molar-refractivity contribution >= 4 is 28.6 Å². The zero-order chi connectivity index (χ0) is 28.7. The van der Waals surface area contributed by atoms with E-state index in [1.807, 2.05) is 0 Å². The molecule has 1 aliphatic heterocycles. The number of benzene rings is 1. The number of carbonyl (C=O) groups is 1. The monoisotopic (exact) mass is 564 g/mol. The first-order valence-corrected chi connectivity index (χ1v) is 12.1. The van der Waals surface area contributed by atoms with Crippen LogP contribution >= 0.6 is 0 Å². The Kier molecular flexibility index (Phi) is 7.08. The maximum absolute atomic E-state index is 13.0. The topological polar surface area (TPSA) is 115 Å². The van der Waals surface area contributed by atoms with Gasteiger partial charge in [0.25, 0.3) is 5.91 Å². The molecule has 0 saturated carbocycles. The number of anilines is 2. The van der Waals surface area contributed by atoms with Gasteiger partial charge in [-0.25, -0.2) is 19.6 Å². The quantitative estimate of drug-likeness (QED) is 0.335. The van der Waals surface area contributed by atoms with Crippen LogP contribution in [0, 0.1) is 0 Å². The number of carbonyl (C=O) groups excluding carboxylic acids is 1. The van der Waals surface area contributed by atoms with E-state index in [4.69, 9.17) is 10.8 Å². The van der Waals surface area contributed by atoms with E-state index in [9.17, 15) is 31.1 Å². The summed E-state index contributed by atoms with van der Waals surface area (Å²) < 4.78 is 78.8. The minimum atomic E-state index is -4.58. The molecule has 5 rings (SSSR count). The molecule has 1 saturated heterocycles. The molecule has 0 spiro atoms. The van der Waals surface area contributed by atoms with Crippen LogP contribution in [0.25, 0.3) is 16.7 Å². The summed E-state index contributed by atoms with van der Waals surface area (Å²) in [5.41, 5.74) is 7.34. The summed E-state index contributed by atoms with van der Waals surface area (Å²) in [6.45, 7) is -0.457. The number of fused-ring (bicyclic) bond motifs is 1. The number of piperidine rings is 1. The first-order valence-electron chi connectivity index (χ1n) is 12.1. The van der Waals surface area contributed by atoms with Gasteiger partial charge in [0.05, 0.1) is 23.5 Å². The number of rotatable bonds is 5. The van der Waals surface area contributed by atoms with Gasteiger partial charge in [0.2, 0.25) is 0 Å². The Bertz CT molecular complexity index is 1530. The average Bonchev–Trinajstić information content (AvgIpc) is 3.29. The second kappa shape index (κ2) is 10.4. The van der Waals surface area contributed by atoms with E-state index in [-0.39, 0.29) is 36.2 Å². The van der Waals surface area contributed by atoms with Gasteiger partial charge in [-0.1, -0.05) is 0 Å². The second-order valence-electron chi connectivity index (χ2n) is 9.35. The van der Waals surface area contributed by atoms with Crippen molar-refractivity contribution in [1.82, 2.24) is 29.6 Å². The third-order valence-corrected chi connectivity index (χ3v) is 6.59. The molecule has 4 heterocycles. The number of hydrogen-bond acceptors (Lipinski definition) is 7. The molecule has 210 valence electrons. The minimum Gasteiger partial charge on any atom is -0.382 e. The zero-order valence-electron chi connectivity index (χ0n) is 20.7. The molecule has 9 nitrogen and oxygen atoms in total. The van der Waals surface area contributed by atoms with E-state index in [0.717, 1.165) is 18.3 Å². The second-order valence-corrected chi connectivity index (χ2v) is 9.35. The molecule has 0 radical (unpaired) electrons. The number of nitrogens with zero attached hydrogens (tertiary/aromatic N) is 6. The summed E-state index contributed by atoms with van der Waals surface area (Å²) >= 11 is 0. The summed E-state index contributed by atoms with van der Waals surface area (Å²) in [7, 11) is 0. The van der Waals surface area contributed by atoms with Crippen molar-refractivity contribution in [3.05, 3.63) is 65.7 Å².